The Labute approximate surface area is 161 Å². The van der Waals surface area contributed by atoms with Gasteiger partial charge in [-0.25, -0.2) is 4.79 Å². The molecule has 2 saturated heterocycles. The Morgan fingerprint density at radius 3 is 2.46 bits per heavy atom. The van der Waals surface area contributed by atoms with Gasteiger partial charge in [0.15, 0.2) is 0 Å². The van der Waals surface area contributed by atoms with Crippen LogP contribution in [0.5, 0.6) is 5.75 Å². The number of hydrogen-bond acceptors (Lipinski definition) is 4. The number of carbonyl (C=O) groups is 1. The number of ether oxygens (including phenoxy) is 2. The number of rotatable bonds is 4. The van der Waals surface area contributed by atoms with Crippen LogP contribution in [-0.2, 0) is 4.74 Å². The second-order valence-corrected chi connectivity index (χ2v) is 7.55. The standard InChI is InChI=1S/C20H29ClN2O3/c1-3-26-20(24)23-12-8-17(9-13-23)22-10-6-15(7-11-22)18-14-16(21)4-5-19(18)25-2/h4-5,14-15,17H,3,6-13H2,1-2H3. The zero-order chi connectivity index (χ0) is 18.5. The van der Waals surface area contributed by atoms with Crippen LogP contribution in [0.3, 0.4) is 0 Å². The summed E-state index contributed by atoms with van der Waals surface area (Å²) in [5.41, 5.74) is 1.23. The van der Waals surface area contributed by atoms with Crippen LogP contribution in [0.25, 0.3) is 0 Å². The van der Waals surface area contributed by atoms with E-state index < -0.39 is 0 Å². The fraction of sp³-hybridized carbons (Fsp3) is 0.650. The number of likely N-dealkylation sites (tertiary alicyclic amines) is 2. The van der Waals surface area contributed by atoms with Crippen molar-refractivity contribution in [2.45, 2.75) is 44.6 Å². The molecule has 0 aliphatic carbocycles. The minimum atomic E-state index is -0.169. The molecule has 1 aromatic carbocycles. The molecule has 0 saturated carbocycles. The van der Waals surface area contributed by atoms with Gasteiger partial charge in [0.25, 0.3) is 0 Å². The zero-order valence-corrected chi connectivity index (χ0v) is 16.5. The third kappa shape index (κ3) is 4.44. The van der Waals surface area contributed by atoms with E-state index in [-0.39, 0.29) is 6.09 Å². The van der Waals surface area contributed by atoms with E-state index in [1.165, 1.54) is 5.56 Å². The van der Waals surface area contributed by atoms with Crippen LogP contribution in [0, 0.1) is 0 Å². The highest BCUT2D eigenvalue weighted by Gasteiger charge is 2.31. The monoisotopic (exact) mass is 380 g/mol. The molecular formula is C20H29ClN2O3. The van der Waals surface area contributed by atoms with E-state index in [2.05, 4.69) is 11.0 Å². The van der Waals surface area contributed by atoms with Crippen LogP contribution >= 0.6 is 11.6 Å². The second kappa shape index (κ2) is 8.96. The normalized spacial score (nSPS) is 20.2. The van der Waals surface area contributed by atoms with Crippen molar-refractivity contribution >= 4 is 17.7 Å². The second-order valence-electron chi connectivity index (χ2n) is 7.11. The van der Waals surface area contributed by atoms with E-state index in [0.717, 1.165) is 62.6 Å². The van der Waals surface area contributed by atoms with Gasteiger partial charge in [-0.15, -0.1) is 0 Å². The van der Waals surface area contributed by atoms with Gasteiger partial charge < -0.3 is 19.3 Å². The summed E-state index contributed by atoms with van der Waals surface area (Å²) in [7, 11) is 1.72. The summed E-state index contributed by atoms with van der Waals surface area (Å²) in [6, 6.07) is 6.48. The molecule has 0 N–H and O–H groups in total. The first kappa shape index (κ1) is 19.3. The van der Waals surface area contributed by atoms with Gasteiger partial charge in [0, 0.05) is 24.2 Å². The Kier molecular flexibility index (Phi) is 6.65. The van der Waals surface area contributed by atoms with Crippen molar-refractivity contribution in [3.05, 3.63) is 28.8 Å². The lowest BCUT2D eigenvalue weighted by Crippen LogP contribution is -2.48. The van der Waals surface area contributed by atoms with Crippen LogP contribution in [0.1, 0.15) is 44.1 Å². The molecule has 144 valence electrons. The number of amides is 1. The average molecular weight is 381 g/mol. The number of halogens is 1. The summed E-state index contributed by atoms with van der Waals surface area (Å²) in [5.74, 6) is 1.44. The predicted octanol–water partition coefficient (Wildman–Crippen LogP) is 4.15. The Balaban J connectivity index is 1.52. The van der Waals surface area contributed by atoms with Crippen molar-refractivity contribution in [2.75, 3.05) is 39.9 Å². The maximum atomic E-state index is 11.8. The lowest BCUT2D eigenvalue weighted by atomic mass is 9.87. The number of benzene rings is 1. The van der Waals surface area contributed by atoms with Crippen LogP contribution in [0.2, 0.25) is 5.02 Å². The molecule has 1 amide bonds. The molecule has 26 heavy (non-hydrogen) atoms. The summed E-state index contributed by atoms with van der Waals surface area (Å²) < 4.78 is 10.6. The molecule has 2 aliphatic rings. The number of hydrogen-bond donors (Lipinski definition) is 0. The SMILES string of the molecule is CCOC(=O)N1CCC(N2CCC(c3cc(Cl)ccc3OC)CC2)CC1. The molecule has 6 heteroatoms. The molecule has 5 nitrogen and oxygen atoms in total. The topological polar surface area (TPSA) is 42.0 Å². The molecule has 2 fully saturated rings. The van der Waals surface area contributed by atoms with Gasteiger partial charge in [-0.1, -0.05) is 11.6 Å². The number of methoxy groups -OCH3 is 1. The summed E-state index contributed by atoms with van der Waals surface area (Å²) in [4.78, 5) is 16.3. The maximum Gasteiger partial charge on any atom is 0.409 e. The highest BCUT2D eigenvalue weighted by Crippen LogP contribution is 2.37. The van der Waals surface area contributed by atoms with Crippen LogP contribution in [-0.4, -0.2) is 61.8 Å². The summed E-state index contributed by atoms with van der Waals surface area (Å²) in [5, 5.41) is 0.773. The lowest BCUT2D eigenvalue weighted by Gasteiger charge is -2.41. The quantitative estimate of drug-likeness (QED) is 0.786. The van der Waals surface area contributed by atoms with Gasteiger partial charge in [-0.05, 0) is 75.4 Å². The van der Waals surface area contributed by atoms with E-state index >= 15 is 0 Å². The number of nitrogens with zero attached hydrogens (tertiary/aromatic N) is 2. The minimum absolute atomic E-state index is 0.169. The molecule has 0 spiro atoms. The average Bonchev–Trinajstić information content (AvgIpc) is 2.68. The van der Waals surface area contributed by atoms with Gasteiger partial charge in [-0.2, -0.15) is 0 Å². The molecule has 3 rings (SSSR count). The highest BCUT2D eigenvalue weighted by atomic mass is 35.5. The Bertz CT molecular complexity index is 609. The molecule has 0 bridgehead atoms. The van der Waals surface area contributed by atoms with Crippen molar-refractivity contribution in [3.8, 4) is 5.75 Å². The van der Waals surface area contributed by atoms with Gasteiger partial charge in [0.05, 0.1) is 13.7 Å². The number of carbonyl (C=O) groups excluding carboxylic acids is 1. The summed E-state index contributed by atoms with van der Waals surface area (Å²) in [6.07, 6.45) is 4.13. The largest absolute Gasteiger partial charge is 0.496 e. The van der Waals surface area contributed by atoms with Crippen LogP contribution in [0.15, 0.2) is 18.2 Å². The summed E-state index contributed by atoms with van der Waals surface area (Å²) in [6.45, 7) is 6.06. The van der Waals surface area contributed by atoms with E-state index in [1.54, 1.807) is 7.11 Å². The molecule has 1 aromatic rings. The molecule has 2 aliphatic heterocycles. The molecule has 0 aromatic heterocycles. The third-order valence-corrected chi connectivity index (χ3v) is 5.90. The zero-order valence-electron chi connectivity index (χ0n) is 15.7. The van der Waals surface area contributed by atoms with Crippen LogP contribution in [0.4, 0.5) is 4.79 Å². The minimum Gasteiger partial charge on any atom is -0.496 e. The predicted molar refractivity (Wildman–Crippen MR) is 103 cm³/mol. The van der Waals surface area contributed by atoms with Gasteiger partial charge in [0.2, 0.25) is 0 Å². The Morgan fingerprint density at radius 1 is 1.15 bits per heavy atom. The van der Waals surface area contributed by atoms with Gasteiger partial charge in [0.1, 0.15) is 5.75 Å². The van der Waals surface area contributed by atoms with E-state index in [4.69, 9.17) is 21.1 Å². The Morgan fingerprint density at radius 2 is 1.85 bits per heavy atom. The van der Waals surface area contributed by atoms with E-state index in [1.807, 2.05) is 24.0 Å². The molecule has 0 unspecified atom stereocenters. The van der Waals surface area contributed by atoms with Gasteiger partial charge in [-0.3, -0.25) is 0 Å². The van der Waals surface area contributed by atoms with Crippen molar-refractivity contribution in [1.82, 2.24) is 9.80 Å². The first-order valence-corrected chi connectivity index (χ1v) is 9.99. The van der Waals surface area contributed by atoms with Crippen molar-refractivity contribution < 1.29 is 14.3 Å². The summed E-state index contributed by atoms with van der Waals surface area (Å²) >= 11 is 6.20. The maximum absolute atomic E-state index is 11.8. The first-order valence-electron chi connectivity index (χ1n) is 9.61. The fourth-order valence-corrected chi connectivity index (χ4v) is 4.41. The molecule has 2 heterocycles. The van der Waals surface area contributed by atoms with Crippen molar-refractivity contribution in [1.29, 1.82) is 0 Å². The highest BCUT2D eigenvalue weighted by molar-refractivity contribution is 6.30. The molecule has 0 atom stereocenters. The van der Waals surface area contributed by atoms with Crippen molar-refractivity contribution in [3.63, 3.8) is 0 Å². The smallest absolute Gasteiger partial charge is 0.409 e. The number of piperidine rings is 2. The van der Waals surface area contributed by atoms with E-state index in [9.17, 15) is 4.79 Å². The van der Waals surface area contributed by atoms with Crippen molar-refractivity contribution in [2.24, 2.45) is 0 Å². The first-order chi connectivity index (χ1) is 12.6. The van der Waals surface area contributed by atoms with Gasteiger partial charge >= 0.3 is 6.09 Å². The molecule has 0 radical (unpaired) electrons. The Hall–Kier alpha value is -1.46. The van der Waals surface area contributed by atoms with E-state index in [0.29, 0.717) is 18.6 Å². The van der Waals surface area contributed by atoms with Crippen LogP contribution < -0.4 is 4.74 Å². The molecular weight excluding hydrogens is 352 g/mol. The third-order valence-electron chi connectivity index (χ3n) is 5.67. The lowest BCUT2D eigenvalue weighted by molar-refractivity contribution is 0.0662. The fourth-order valence-electron chi connectivity index (χ4n) is 4.23.